The van der Waals surface area contributed by atoms with Crippen molar-refractivity contribution in [3.8, 4) is 5.75 Å². The molecule has 116 valence electrons. The number of nitrogens with one attached hydrogen (secondary N) is 1. The molecule has 2 rings (SSSR count). The lowest BCUT2D eigenvalue weighted by molar-refractivity contribution is -0.274. The van der Waals surface area contributed by atoms with Crippen molar-refractivity contribution in [3.05, 3.63) is 29.8 Å². The smallest absolute Gasteiger partial charge is 0.405 e. The summed E-state index contributed by atoms with van der Waals surface area (Å²) >= 11 is 0. The van der Waals surface area contributed by atoms with E-state index in [2.05, 4.69) is 15.0 Å². The molecule has 4 nitrogen and oxygen atoms in total. The second kappa shape index (κ2) is 6.69. The minimum atomic E-state index is -4.71. The van der Waals surface area contributed by atoms with Crippen LogP contribution in [-0.2, 0) is 6.54 Å². The Labute approximate surface area is 121 Å². The van der Waals surface area contributed by atoms with Crippen molar-refractivity contribution in [2.24, 2.45) is 16.6 Å². The third-order valence-electron chi connectivity index (χ3n) is 3.41. The summed E-state index contributed by atoms with van der Waals surface area (Å²) in [6.45, 7) is 0.797. The molecule has 0 amide bonds. The number of aliphatic imine (C=N–C) groups is 1. The van der Waals surface area contributed by atoms with Gasteiger partial charge < -0.3 is 15.8 Å². The predicted octanol–water partition coefficient (Wildman–Crippen LogP) is 2.79. The minimum absolute atomic E-state index is 0.0375. The molecule has 0 bridgehead atoms. The van der Waals surface area contributed by atoms with E-state index in [-0.39, 0.29) is 18.3 Å². The lowest BCUT2D eigenvalue weighted by atomic mass is 9.85. The lowest BCUT2D eigenvalue weighted by Gasteiger charge is -2.25. The molecule has 21 heavy (non-hydrogen) atoms. The number of para-hydroxylation sites is 1. The zero-order valence-electron chi connectivity index (χ0n) is 11.5. The number of ether oxygens (including phenoxy) is 1. The number of hydrogen-bond donors (Lipinski definition) is 2. The Morgan fingerprint density at radius 2 is 2.05 bits per heavy atom. The monoisotopic (exact) mass is 301 g/mol. The molecule has 1 aromatic carbocycles. The molecule has 1 aliphatic rings. The van der Waals surface area contributed by atoms with Gasteiger partial charge in [0.15, 0.2) is 5.96 Å². The second-order valence-electron chi connectivity index (χ2n) is 5.03. The fourth-order valence-electron chi connectivity index (χ4n) is 2.03. The molecule has 0 heterocycles. The third-order valence-corrected chi connectivity index (χ3v) is 3.41. The molecule has 0 unspecified atom stereocenters. The highest BCUT2D eigenvalue weighted by atomic mass is 19.4. The first-order valence-electron chi connectivity index (χ1n) is 6.81. The molecule has 1 aliphatic carbocycles. The van der Waals surface area contributed by atoms with Gasteiger partial charge in [-0.05, 0) is 24.8 Å². The van der Waals surface area contributed by atoms with Crippen LogP contribution in [0, 0.1) is 5.92 Å². The van der Waals surface area contributed by atoms with E-state index < -0.39 is 6.36 Å². The molecule has 0 radical (unpaired) electrons. The minimum Gasteiger partial charge on any atom is -0.405 e. The average Bonchev–Trinajstić information content (AvgIpc) is 2.34. The summed E-state index contributed by atoms with van der Waals surface area (Å²) in [6.07, 6.45) is -1.11. The van der Waals surface area contributed by atoms with Crippen molar-refractivity contribution in [1.82, 2.24) is 5.32 Å². The van der Waals surface area contributed by atoms with E-state index in [1.807, 2.05) is 0 Å². The molecule has 0 aromatic heterocycles. The molecular formula is C14H18F3N3O. The molecule has 0 spiro atoms. The van der Waals surface area contributed by atoms with Crippen LogP contribution in [0.15, 0.2) is 29.3 Å². The van der Waals surface area contributed by atoms with Crippen LogP contribution in [0.4, 0.5) is 13.2 Å². The fourth-order valence-corrected chi connectivity index (χ4v) is 2.03. The van der Waals surface area contributed by atoms with Gasteiger partial charge in [0.25, 0.3) is 0 Å². The van der Waals surface area contributed by atoms with E-state index in [9.17, 15) is 13.2 Å². The Morgan fingerprint density at radius 1 is 1.33 bits per heavy atom. The maximum atomic E-state index is 12.3. The first-order chi connectivity index (χ1) is 9.94. The Hall–Kier alpha value is -1.92. The molecular weight excluding hydrogens is 283 g/mol. The fraction of sp³-hybridized carbons (Fsp3) is 0.500. The molecule has 1 fully saturated rings. The van der Waals surface area contributed by atoms with Crippen molar-refractivity contribution < 1.29 is 17.9 Å². The average molecular weight is 301 g/mol. The predicted molar refractivity (Wildman–Crippen MR) is 73.8 cm³/mol. The molecule has 3 N–H and O–H groups in total. The molecule has 1 saturated carbocycles. The van der Waals surface area contributed by atoms with Crippen molar-refractivity contribution in [2.75, 3.05) is 6.54 Å². The standard InChI is InChI=1S/C14H18F3N3O/c15-14(16,17)21-12-7-2-1-6-11(12)9-20-13(18)19-8-10-4-3-5-10/h1-2,6-7,10H,3-5,8-9H2,(H3,18,19,20). The molecule has 0 saturated heterocycles. The van der Waals surface area contributed by atoms with Gasteiger partial charge in [-0.1, -0.05) is 24.6 Å². The maximum absolute atomic E-state index is 12.3. The van der Waals surface area contributed by atoms with Gasteiger partial charge in [0.1, 0.15) is 5.75 Å². The lowest BCUT2D eigenvalue weighted by Crippen LogP contribution is -2.37. The first-order valence-corrected chi connectivity index (χ1v) is 6.81. The highest BCUT2D eigenvalue weighted by Crippen LogP contribution is 2.27. The molecule has 1 aromatic rings. The Morgan fingerprint density at radius 3 is 2.67 bits per heavy atom. The van der Waals surface area contributed by atoms with Gasteiger partial charge in [-0.2, -0.15) is 0 Å². The number of guanidine groups is 1. The van der Waals surface area contributed by atoms with Crippen LogP contribution in [0.3, 0.4) is 0 Å². The van der Waals surface area contributed by atoms with Crippen molar-refractivity contribution >= 4 is 5.96 Å². The topological polar surface area (TPSA) is 59.6 Å². The third kappa shape index (κ3) is 5.17. The largest absolute Gasteiger partial charge is 0.573 e. The summed E-state index contributed by atoms with van der Waals surface area (Å²) in [5.74, 6) is 0.615. The van der Waals surface area contributed by atoms with E-state index >= 15 is 0 Å². The summed E-state index contributed by atoms with van der Waals surface area (Å²) in [6, 6.07) is 5.90. The summed E-state index contributed by atoms with van der Waals surface area (Å²) in [5.41, 5.74) is 6.04. The van der Waals surface area contributed by atoms with Gasteiger partial charge in [0.2, 0.25) is 0 Å². The van der Waals surface area contributed by atoms with Gasteiger partial charge in [-0.25, -0.2) is 4.99 Å². The Bertz CT molecular complexity index is 498. The van der Waals surface area contributed by atoms with Crippen LogP contribution in [0.25, 0.3) is 0 Å². The van der Waals surface area contributed by atoms with E-state index in [4.69, 9.17) is 5.73 Å². The molecule has 0 atom stereocenters. The van der Waals surface area contributed by atoms with Crippen LogP contribution in [0.5, 0.6) is 5.75 Å². The van der Waals surface area contributed by atoms with Gasteiger partial charge in [0, 0.05) is 12.1 Å². The van der Waals surface area contributed by atoms with Gasteiger partial charge in [0.05, 0.1) is 6.54 Å². The van der Waals surface area contributed by atoms with Crippen molar-refractivity contribution in [1.29, 1.82) is 0 Å². The first kappa shape index (κ1) is 15.5. The number of alkyl halides is 3. The van der Waals surface area contributed by atoms with E-state index in [0.717, 1.165) is 6.54 Å². The van der Waals surface area contributed by atoms with Crippen LogP contribution in [-0.4, -0.2) is 18.9 Å². The number of hydrogen-bond acceptors (Lipinski definition) is 2. The maximum Gasteiger partial charge on any atom is 0.573 e. The van der Waals surface area contributed by atoms with E-state index in [1.165, 1.54) is 37.5 Å². The number of benzene rings is 1. The SMILES string of the molecule is NC(=NCc1ccccc1OC(F)(F)F)NCC1CCC1. The molecule has 0 aliphatic heterocycles. The number of halogens is 3. The van der Waals surface area contributed by atoms with Gasteiger partial charge in [-0.15, -0.1) is 13.2 Å². The zero-order valence-corrected chi connectivity index (χ0v) is 11.5. The van der Waals surface area contributed by atoms with Crippen LogP contribution >= 0.6 is 0 Å². The summed E-state index contributed by atoms with van der Waals surface area (Å²) in [4.78, 5) is 4.05. The highest BCUT2D eigenvalue weighted by Gasteiger charge is 2.31. The van der Waals surface area contributed by atoms with E-state index in [0.29, 0.717) is 11.5 Å². The van der Waals surface area contributed by atoms with Crippen molar-refractivity contribution in [2.45, 2.75) is 32.2 Å². The normalized spacial score (nSPS) is 16.4. The number of rotatable bonds is 5. The summed E-state index contributed by atoms with van der Waals surface area (Å²) in [7, 11) is 0. The van der Waals surface area contributed by atoms with E-state index in [1.54, 1.807) is 6.07 Å². The Balaban J connectivity index is 1.91. The zero-order chi connectivity index (χ0) is 15.3. The highest BCUT2D eigenvalue weighted by molar-refractivity contribution is 5.77. The number of nitrogens with two attached hydrogens (primary N) is 1. The Kier molecular flexibility index (Phi) is 4.93. The van der Waals surface area contributed by atoms with Gasteiger partial charge in [-0.3, -0.25) is 0 Å². The van der Waals surface area contributed by atoms with Crippen LogP contribution < -0.4 is 15.8 Å². The molecule has 7 heteroatoms. The second-order valence-corrected chi connectivity index (χ2v) is 5.03. The van der Waals surface area contributed by atoms with Gasteiger partial charge >= 0.3 is 6.36 Å². The summed E-state index contributed by atoms with van der Waals surface area (Å²) < 4.78 is 40.8. The quantitative estimate of drug-likeness (QED) is 0.649. The summed E-state index contributed by atoms with van der Waals surface area (Å²) in [5, 5.41) is 2.99. The van der Waals surface area contributed by atoms with Crippen LogP contribution in [0.1, 0.15) is 24.8 Å². The van der Waals surface area contributed by atoms with Crippen LogP contribution in [0.2, 0.25) is 0 Å². The van der Waals surface area contributed by atoms with Crippen molar-refractivity contribution in [3.63, 3.8) is 0 Å². The number of nitrogens with zero attached hydrogens (tertiary/aromatic N) is 1.